The van der Waals surface area contributed by atoms with Gasteiger partial charge in [0.25, 0.3) is 5.91 Å². The SMILES string of the molecule is C[C@@H]1CCCN(C(=O)c2ccc(-n3cc(CNC(=O)C4CC4)cn3)cc2)C1. The molecule has 2 amide bonds. The Balaban J connectivity index is 1.38. The van der Waals surface area contributed by atoms with E-state index in [9.17, 15) is 9.59 Å². The van der Waals surface area contributed by atoms with Gasteiger partial charge >= 0.3 is 0 Å². The number of benzene rings is 1. The minimum atomic E-state index is 0.108. The van der Waals surface area contributed by atoms with Crippen LogP contribution in [0.1, 0.15) is 48.5 Å². The van der Waals surface area contributed by atoms with Crippen LogP contribution in [0.15, 0.2) is 36.7 Å². The van der Waals surface area contributed by atoms with E-state index in [1.165, 1.54) is 6.42 Å². The highest BCUT2D eigenvalue weighted by atomic mass is 16.2. The molecule has 2 aliphatic rings. The number of carbonyl (C=O) groups is 2. The Kier molecular flexibility index (Phi) is 4.97. The van der Waals surface area contributed by atoms with E-state index in [0.717, 1.165) is 49.2 Å². The van der Waals surface area contributed by atoms with Crippen LogP contribution in [-0.2, 0) is 11.3 Å². The van der Waals surface area contributed by atoms with Gasteiger partial charge in [-0.15, -0.1) is 0 Å². The molecule has 4 rings (SSSR count). The van der Waals surface area contributed by atoms with Crippen LogP contribution < -0.4 is 5.32 Å². The van der Waals surface area contributed by atoms with Gasteiger partial charge in [0.1, 0.15) is 0 Å². The molecule has 2 aromatic rings. The molecule has 1 aromatic carbocycles. The molecule has 0 spiro atoms. The predicted molar refractivity (Wildman–Crippen MR) is 102 cm³/mol. The lowest BCUT2D eigenvalue weighted by Crippen LogP contribution is -2.39. The largest absolute Gasteiger partial charge is 0.352 e. The van der Waals surface area contributed by atoms with Crippen molar-refractivity contribution in [2.75, 3.05) is 13.1 Å². The second-order valence-corrected chi connectivity index (χ2v) is 7.83. The highest BCUT2D eigenvalue weighted by Crippen LogP contribution is 2.28. The average molecular weight is 366 g/mol. The summed E-state index contributed by atoms with van der Waals surface area (Å²) in [4.78, 5) is 26.4. The first kappa shape index (κ1) is 17.8. The van der Waals surface area contributed by atoms with Crippen LogP contribution in [0.3, 0.4) is 0 Å². The Morgan fingerprint density at radius 3 is 2.67 bits per heavy atom. The van der Waals surface area contributed by atoms with Gasteiger partial charge in [0.15, 0.2) is 0 Å². The van der Waals surface area contributed by atoms with Crippen molar-refractivity contribution in [3.63, 3.8) is 0 Å². The average Bonchev–Trinajstić information content (AvgIpc) is 3.44. The molecule has 1 aliphatic heterocycles. The third kappa shape index (κ3) is 4.21. The normalized spacial score (nSPS) is 19.7. The minimum Gasteiger partial charge on any atom is -0.352 e. The van der Waals surface area contributed by atoms with Crippen molar-refractivity contribution in [1.29, 1.82) is 0 Å². The van der Waals surface area contributed by atoms with E-state index in [2.05, 4.69) is 17.3 Å². The van der Waals surface area contributed by atoms with Crippen molar-refractivity contribution in [2.24, 2.45) is 11.8 Å². The van der Waals surface area contributed by atoms with Gasteiger partial charge in [-0.2, -0.15) is 5.10 Å². The van der Waals surface area contributed by atoms with Crippen LogP contribution in [0.2, 0.25) is 0 Å². The Labute approximate surface area is 159 Å². The maximum atomic E-state index is 12.7. The number of hydrogen-bond donors (Lipinski definition) is 1. The van der Waals surface area contributed by atoms with Crippen LogP contribution in [0.4, 0.5) is 0 Å². The van der Waals surface area contributed by atoms with Crippen molar-refractivity contribution in [3.05, 3.63) is 47.8 Å². The number of amides is 2. The molecule has 2 fully saturated rings. The Morgan fingerprint density at radius 2 is 1.96 bits per heavy atom. The lowest BCUT2D eigenvalue weighted by atomic mass is 9.99. The molecule has 1 aromatic heterocycles. The summed E-state index contributed by atoms with van der Waals surface area (Å²) in [7, 11) is 0. The van der Waals surface area contributed by atoms with Crippen LogP contribution in [0.25, 0.3) is 5.69 Å². The Bertz CT molecular complexity index is 823. The molecule has 6 heteroatoms. The third-order valence-electron chi connectivity index (χ3n) is 5.37. The smallest absolute Gasteiger partial charge is 0.253 e. The van der Waals surface area contributed by atoms with Gasteiger partial charge < -0.3 is 10.2 Å². The zero-order chi connectivity index (χ0) is 18.8. The highest BCUT2D eigenvalue weighted by Gasteiger charge is 2.29. The maximum absolute atomic E-state index is 12.7. The van der Waals surface area contributed by atoms with E-state index in [4.69, 9.17) is 0 Å². The van der Waals surface area contributed by atoms with E-state index in [1.807, 2.05) is 35.4 Å². The van der Waals surface area contributed by atoms with E-state index in [1.54, 1.807) is 10.9 Å². The molecule has 1 atom stereocenters. The number of carbonyl (C=O) groups excluding carboxylic acids is 2. The molecular weight excluding hydrogens is 340 g/mol. The number of nitrogens with one attached hydrogen (secondary N) is 1. The van der Waals surface area contributed by atoms with Crippen LogP contribution in [-0.4, -0.2) is 39.6 Å². The molecule has 1 saturated carbocycles. The van der Waals surface area contributed by atoms with E-state index >= 15 is 0 Å². The van der Waals surface area contributed by atoms with Crippen LogP contribution in [0.5, 0.6) is 0 Å². The quantitative estimate of drug-likeness (QED) is 0.885. The van der Waals surface area contributed by atoms with Crippen LogP contribution >= 0.6 is 0 Å². The molecule has 0 unspecified atom stereocenters. The zero-order valence-electron chi connectivity index (χ0n) is 15.7. The lowest BCUT2D eigenvalue weighted by molar-refractivity contribution is -0.122. The molecule has 27 heavy (non-hydrogen) atoms. The second kappa shape index (κ2) is 7.55. The summed E-state index contributed by atoms with van der Waals surface area (Å²) in [5.41, 5.74) is 2.58. The lowest BCUT2D eigenvalue weighted by Gasteiger charge is -2.31. The summed E-state index contributed by atoms with van der Waals surface area (Å²) in [5, 5.41) is 7.32. The standard InChI is InChI=1S/C21H26N4O2/c1-15-3-2-10-24(13-15)21(27)18-6-8-19(9-7-18)25-14-16(12-23-25)11-22-20(26)17-4-5-17/h6-9,12,14-15,17H,2-5,10-11,13H2,1H3,(H,22,26)/t15-/m1/s1. The summed E-state index contributed by atoms with van der Waals surface area (Å²) in [6, 6.07) is 7.57. The topological polar surface area (TPSA) is 67.2 Å². The molecular formula is C21H26N4O2. The maximum Gasteiger partial charge on any atom is 0.253 e. The number of likely N-dealkylation sites (tertiary alicyclic amines) is 1. The van der Waals surface area contributed by atoms with Gasteiger partial charge in [-0.3, -0.25) is 9.59 Å². The van der Waals surface area contributed by atoms with E-state index in [0.29, 0.717) is 12.5 Å². The first-order valence-electron chi connectivity index (χ1n) is 9.81. The number of rotatable bonds is 5. The minimum absolute atomic E-state index is 0.108. The van der Waals surface area contributed by atoms with Crippen LogP contribution in [0, 0.1) is 11.8 Å². The van der Waals surface area contributed by atoms with Gasteiger partial charge in [-0.25, -0.2) is 4.68 Å². The van der Waals surface area contributed by atoms with Crippen molar-refractivity contribution in [2.45, 2.75) is 39.2 Å². The summed E-state index contributed by atoms with van der Waals surface area (Å²) in [5.74, 6) is 1.03. The van der Waals surface area contributed by atoms with E-state index < -0.39 is 0 Å². The first-order chi connectivity index (χ1) is 13.1. The van der Waals surface area contributed by atoms with E-state index in [-0.39, 0.29) is 17.7 Å². The number of hydrogen-bond acceptors (Lipinski definition) is 3. The third-order valence-corrected chi connectivity index (χ3v) is 5.37. The van der Waals surface area contributed by atoms with Gasteiger partial charge in [0.05, 0.1) is 11.9 Å². The van der Waals surface area contributed by atoms with Crippen molar-refractivity contribution in [3.8, 4) is 5.69 Å². The zero-order valence-corrected chi connectivity index (χ0v) is 15.7. The second-order valence-electron chi connectivity index (χ2n) is 7.83. The fourth-order valence-electron chi connectivity index (χ4n) is 3.58. The molecule has 2 heterocycles. The molecule has 1 aliphatic carbocycles. The fourth-order valence-corrected chi connectivity index (χ4v) is 3.58. The van der Waals surface area contributed by atoms with Crippen molar-refractivity contribution in [1.82, 2.24) is 20.0 Å². The highest BCUT2D eigenvalue weighted by molar-refractivity contribution is 5.94. The van der Waals surface area contributed by atoms with Crippen molar-refractivity contribution >= 4 is 11.8 Å². The number of piperidine rings is 1. The van der Waals surface area contributed by atoms with Crippen molar-refractivity contribution < 1.29 is 9.59 Å². The molecule has 0 bridgehead atoms. The molecule has 1 N–H and O–H groups in total. The Morgan fingerprint density at radius 1 is 1.19 bits per heavy atom. The molecule has 0 radical (unpaired) electrons. The summed E-state index contributed by atoms with van der Waals surface area (Å²) in [6.45, 7) is 4.39. The van der Waals surface area contributed by atoms with Gasteiger partial charge in [-0.05, 0) is 55.9 Å². The van der Waals surface area contributed by atoms with Gasteiger partial charge in [0.2, 0.25) is 5.91 Å². The molecule has 142 valence electrons. The monoisotopic (exact) mass is 366 g/mol. The predicted octanol–water partition coefficient (Wildman–Crippen LogP) is 2.77. The number of aromatic nitrogens is 2. The first-order valence-corrected chi connectivity index (χ1v) is 9.81. The van der Waals surface area contributed by atoms with Gasteiger partial charge in [0, 0.05) is 42.9 Å². The van der Waals surface area contributed by atoms with Gasteiger partial charge in [-0.1, -0.05) is 6.92 Å². The summed E-state index contributed by atoms with van der Waals surface area (Å²) in [6.07, 6.45) is 7.97. The number of nitrogens with zero attached hydrogens (tertiary/aromatic N) is 3. The fraction of sp³-hybridized carbons (Fsp3) is 0.476. The summed E-state index contributed by atoms with van der Waals surface area (Å²) >= 11 is 0. The molecule has 6 nitrogen and oxygen atoms in total. The molecule has 1 saturated heterocycles. The Hall–Kier alpha value is -2.63. The summed E-state index contributed by atoms with van der Waals surface area (Å²) < 4.78 is 1.77.